The fourth-order valence-electron chi connectivity index (χ4n) is 3.15. The van der Waals surface area contributed by atoms with Crippen molar-refractivity contribution in [2.75, 3.05) is 13.1 Å². The number of hydrogen-bond acceptors (Lipinski definition) is 3. The highest BCUT2D eigenvalue weighted by Gasteiger charge is 2.36. The molecule has 22 heavy (non-hydrogen) atoms. The van der Waals surface area contributed by atoms with Crippen LogP contribution < -0.4 is 0 Å². The van der Waals surface area contributed by atoms with Gasteiger partial charge in [-0.15, -0.1) is 0 Å². The van der Waals surface area contributed by atoms with Crippen molar-refractivity contribution in [2.45, 2.75) is 44.3 Å². The van der Waals surface area contributed by atoms with Gasteiger partial charge in [-0.3, -0.25) is 14.5 Å². The van der Waals surface area contributed by atoms with Crippen molar-refractivity contribution in [2.24, 2.45) is 0 Å². The van der Waals surface area contributed by atoms with Crippen LogP contribution in [-0.4, -0.2) is 52.0 Å². The number of rotatable bonds is 6. The summed E-state index contributed by atoms with van der Waals surface area (Å²) in [7, 11) is 0. The van der Waals surface area contributed by atoms with E-state index in [9.17, 15) is 14.7 Å². The van der Waals surface area contributed by atoms with Gasteiger partial charge in [0.05, 0.1) is 6.54 Å². The molecule has 3 rings (SSSR count). The normalized spacial score (nSPS) is 21.7. The monoisotopic (exact) mass is 302 g/mol. The third kappa shape index (κ3) is 3.47. The standard InChI is InChI=1S/C17H22N2O3/c20-16(12-18-10-4-7-15(18)17(21)22)19(14-8-9-14)11-13-5-2-1-3-6-13/h1-3,5-6,14-15H,4,7-12H2,(H,21,22). The molecule has 1 aromatic carbocycles. The van der Waals surface area contributed by atoms with E-state index in [4.69, 9.17) is 0 Å². The highest BCUT2D eigenvalue weighted by atomic mass is 16.4. The van der Waals surface area contributed by atoms with Crippen molar-refractivity contribution in [3.8, 4) is 0 Å². The van der Waals surface area contributed by atoms with E-state index >= 15 is 0 Å². The zero-order chi connectivity index (χ0) is 15.5. The van der Waals surface area contributed by atoms with E-state index in [0.29, 0.717) is 25.6 Å². The Balaban J connectivity index is 1.64. The van der Waals surface area contributed by atoms with Gasteiger partial charge in [0.25, 0.3) is 0 Å². The van der Waals surface area contributed by atoms with E-state index in [1.165, 1.54) is 0 Å². The first-order valence-corrected chi connectivity index (χ1v) is 7.95. The van der Waals surface area contributed by atoms with E-state index in [2.05, 4.69) is 0 Å². The van der Waals surface area contributed by atoms with Crippen molar-refractivity contribution in [3.63, 3.8) is 0 Å². The number of hydrogen-bond donors (Lipinski definition) is 1. The van der Waals surface area contributed by atoms with E-state index in [1.54, 1.807) is 0 Å². The van der Waals surface area contributed by atoms with Crippen LogP contribution >= 0.6 is 0 Å². The van der Waals surface area contributed by atoms with Gasteiger partial charge in [-0.05, 0) is 37.8 Å². The molecule has 1 unspecified atom stereocenters. The van der Waals surface area contributed by atoms with Gasteiger partial charge in [0.15, 0.2) is 0 Å². The average Bonchev–Trinajstić information content (AvgIpc) is 3.24. The molecule has 1 atom stereocenters. The van der Waals surface area contributed by atoms with Crippen LogP contribution in [0.3, 0.4) is 0 Å². The molecule has 1 amide bonds. The van der Waals surface area contributed by atoms with Crippen LogP contribution in [0, 0.1) is 0 Å². The first-order chi connectivity index (χ1) is 10.6. The maximum atomic E-state index is 12.6. The first kappa shape index (κ1) is 15.0. The topological polar surface area (TPSA) is 60.9 Å². The molecule has 1 aliphatic carbocycles. The maximum absolute atomic E-state index is 12.6. The Morgan fingerprint density at radius 3 is 2.55 bits per heavy atom. The Bertz CT molecular complexity index is 542. The molecule has 0 bridgehead atoms. The number of aliphatic carboxylic acids is 1. The molecule has 2 fully saturated rings. The molecule has 1 aromatic rings. The SMILES string of the molecule is O=C(O)C1CCCN1CC(=O)N(Cc1ccccc1)C1CC1. The molecule has 0 aromatic heterocycles. The van der Waals surface area contributed by atoms with Crippen LogP contribution in [-0.2, 0) is 16.1 Å². The second-order valence-corrected chi connectivity index (χ2v) is 6.21. The van der Waals surface area contributed by atoms with Crippen molar-refractivity contribution in [1.29, 1.82) is 0 Å². The van der Waals surface area contributed by atoms with E-state index < -0.39 is 12.0 Å². The van der Waals surface area contributed by atoms with Crippen molar-refractivity contribution in [1.82, 2.24) is 9.80 Å². The Morgan fingerprint density at radius 1 is 1.18 bits per heavy atom. The molecule has 0 spiro atoms. The minimum atomic E-state index is -0.814. The lowest BCUT2D eigenvalue weighted by Gasteiger charge is -2.27. The molecule has 0 radical (unpaired) electrons. The fraction of sp³-hybridized carbons (Fsp3) is 0.529. The van der Waals surface area contributed by atoms with Gasteiger partial charge in [0.2, 0.25) is 5.91 Å². The summed E-state index contributed by atoms with van der Waals surface area (Å²) < 4.78 is 0. The average molecular weight is 302 g/mol. The van der Waals surface area contributed by atoms with Crippen LogP contribution in [0.25, 0.3) is 0 Å². The number of carbonyl (C=O) groups is 2. The quantitative estimate of drug-likeness (QED) is 0.869. The van der Waals surface area contributed by atoms with Gasteiger partial charge in [0.1, 0.15) is 6.04 Å². The molecule has 2 aliphatic rings. The lowest BCUT2D eigenvalue weighted by atomic mass is 10.2. The molecular formula is C17H22N2O3. The molecule has 1 aliphatic heterocycles. The molecular weight excluding hydrogens is 280 g/mol. The van der Waals surface area contributed by atoms with Crippen LogP contribution in [0.5, 0.6) is 0 Å². The van der Waals surface area contributed by atoms with Crippen LogP contribution in [0.2, 0.25) is 0 Å². The van der Waals surface area contributed by atoms with Crippen molar-refractivity contribution >= 4 is 11.9 Å². The summed E-state index contributed by atoms with van der Waals surface area (Å²) in [6, 6.07) is 9.81. The predicted octanol–water partition coefficient (Wildman–Crippen LogP) is 1.73. The number of nitrogens with zero attached hydrogens (tertiary/aromatic N) is 2. The van der Waals surface area contributed by atoms with Gasteiger partial charge in [0, 0.05) is 12.6 Å². The molecule has 1 saturated heterocycles. The van der Waals surface area contributed by atoms with Crippen LogP contribution in [0.1, 0.15) is 31.2 Å². The number of carboxylic acid groups (broad SMARTS) is 1. The molecule has 118 valence electrons. The molecule has 1 N–H and O–H groups in total. The summed E-state index contributed by atoms with van der Waals surface area (Å²) in [5.41, 5.74) is 1.12. The Hall–Kier alpha value is -1.88. The van der Waals surface area contributed by atoms with Gasteiger partial charge in [-0.2, -0.15) is 0 Å². The minimum absolute atomic E-state index is 0.0551. The summed E-state index contributed by atoms with van der Waals surface area (Å²) in [5, 5.41) is 9.23. The first-order valence-electron chi connectivity index (χ1n) is 7.95. The Morgan fingerprint density at radius 2 is 1.91 bits per heavy atom. The largest absolute Gasteiger partial charge is 0.480 e. The number of carbonyl (C=O) groups excluding carboxylic acids is 1. The Kier molecular flexibility index (Phi) is 4.43. The number of likely N-dealkylation sites (tertiary alicyclic amines) is 1. The van der Waals surface area contributed by atoms with Crippen LogP contribution in [0.4, 0.5) is 0 Å². The van der Waals surface area contributed by atoms with Gasteiger partial charge < -0.3 is 10.0 Å². The molecule has 5 nitrogen and oxygen atoms in total. The highest BCUT2D eigenvalue weighted by Crippen LogP contribution is 2.29. The number of carboxylic acids is 1. The fourth-order valence-corrected chi connectivity index (χ4v) is 3.15. The zero-order valence-corrected chi connectivity index (χ0v) is 12.6. The second kappa shape index (κ2) is 6.48. The number of benzene rings is 1. The summed E-state index contributed by atoms with van der Waals surface area (Å²) in [5.74, 6) is -0.758. The van der Waals surface area contributed by atoms with E-state index in [-0.39, 0.29) is 12.5 Å². The number of amides is 1. The maximum Gasteiger partial charge on any atom is 0.320 e. The smallest absolute Gasteiger partial charge is 0.320 e. The van der Waals surface area contributed by atoms with Crippen molar-refractivity contribution in [3.05, 3.63) is 35.9 Å². The zero-order valence-electron chi connectivity index (χ0n) is 12.6. The third-order valence-electron chi connectivity index (χ3n) is 4.49. The third-order valence-corrected chi connectivity index (χ3v) is 4.49. The van der Waals surface area contributed by atoms with Crippen molar-refractivity contribution < 1.29 is 14.7 Å². The lowest BCUT2D eigenvalue weighted by Crippen LogP contribution is -2.45. The van der Waals surface area contributed by atoms with E-state index in [1.807, 2.05) is 40.1 Å². The summed E-state index contributed by atoms with van der Waals surface area (Å²) >= 11 is 0. The summed E-state index contributed by atoms with van der Waals surface area (Å²) in [4.78, 5) is 27.6. The second-order valence-electron chi connectivity index (χ2n) is 6.21. The summed E-state index contributed by atoms with van der Waals surface area (Å²) in [6.45, 7) is 1.54. The molecule has 1 saturated carbocycles. The van der Waals surface area contributed by atoms with Gasteiger partial charge in [-0.25, -0.2) is 0 Å². The Labute approximate surface area is 130 Å². The minimum Gasteiger partial charge on any atom is -0.480 e. The summed E-state index contributed by atoms with van der Waals surface area (Å²) in [6.07, 6.45) is 3.61. The molecule has 5 heteroatoms. The van der Waals surface area contributed by atoms with E-state index in [0.717, 1.165) is 24.8 Å². The predicted molar refractivity (Wildman–Crippen MR) is 82.2 cm³/mol. The van der Waals surface area contributed by atoms with Gasteiger partial charge in [-0.1, -0.05) is 30.3 Å². The highest BCUT2D eigenvalue weighted by molar-refractivity contribution is 5.80. The molecule has 1 heterocycles. The van der Waals surface area contributed by atoms with Crippen LogP contribution in [0.15, 0.2) is 30.3 Å². The van der Waals surface area contributed by atoms with Gasteiger partial charge >= 0.3 is 5.97 Å². The lowest BCUT2D eigenvalue weighted by molar-refractivity contribution is -0.143.